The smallest absolute Gasteiger partial charge is 0.137 e. The van der Waals surface area contributed by atoms with E-state index in [4.69, 9.17) is 10.8 Å². The Morgan fingerprint density at radius 2 is 2.44 bits per heavy atom. The van der Waals surface area contributed by atoms with Gasteiger partial charge in [0, 0.05) is 24.0 Å². The summed E-state index contributed by atoms with van der Waals surface area (Å²) >= 11 is 0. The zero-order valence-corrected chi connectivity index (χ0v) is 5.31. The molecule has 4 N–H and O–H groups in total. The van der Waals surface area contributed by atoms with Gasteiger partial charge in [0.1, 0.15) is 5.75 Å². The van der Waals surface area contributed by atoms with Gasteiger partial charge in [-0.2, -0.15) is 0 Å². The first-order valence-electron chi connectivity index (χ1n) is 2.81. The molecule has 0 spiro atoms. The van der Waals surface area contributed by atoms with E-state index >= 15 is 0 Å². The molecule has 1 rings (SSSR count). The third kappa shape index (κ3) is 0.907. The molecule has 0 unspecified atom stereocenters. The van der Waals surface area contributed by atoms with E-state index in [9.17, 15) is 0 Å². The van der Waals surface area contributed by atoms with E-state index in [0.717, 1.165) is 11.3 Å². The number of aromatic amines is 1. The molecule has 0 atom stereocenters. The molecule has 1 aromatic rings. The van der Waals surface area contributed by atoms with Crippen molar-refractivity contribution in [3.63, 3.8) is 0 Å². The maximum absolute atomic E-state index is 9.02. The lowest BCUT2D eigenvalue weighted by Crippen LogP contribution is -1.96. The van der Waals surface area contributed by atoms with Gasteiger partial charge in [0.05, 0.1) is 0 Å². The van der Waals surface area contributed by atoms with Crippen LogP contribution in [0, 0.1) is 6.92 Å². The summed E-state index contributed by atoms with van der Waals surface area (Å²) in [6.07, 6.45) is 1.54. The molecule has 0 amide bonds. The molecule has 0 fully saturated rings. The van der Waals surface area contributed by atoms with Crippen LogP contribution in [0.5, 0.6) is 5.75 Å². The lowest BCUT2D eigenvalue weighted by Gasteiger charge is -1.92. The van der Waals surface area contributed by atoms with Crippen LogP contribution in [-0.2, 0) is 6.54 Å². The SMILES string of the molecule is Cc1[nH]cc(O)c1CN. The van der Waals surface area contributed by atoms with Gasteiger partial charge in [-0.25, -0.2) is 0 Å². The molecule has 0 aliphatic heterocycles. The van der Waals surface area contributed by atoms with Crippen LogP contribution >= 0.6 is 0 Å². The number of hydrogen-bond donors (Lipinski definition) is 3. The predicted octanol–water partition coefficient (Wildman–Crippen LogP) is 0.487. The molecule has 1 heterocycles. The van der Waals surface area contributed by atoms with Crippen molar-refractivity contribution in [2.45, 2.75) is 13.5 Å². The van der Waals surface area contributed by atoms with E-state index in [1.807, 2.05) is 6.92 Å². The largest absolute Gasteiger partial charge is 0.506 e. The molecule has 0 bridgehead atoms. The molecule has 0 aliphatic rings. The van der Waals surface area contributed by atoms with Gasteiger partial charge in [-0.05, 0) is 6.92 Å². The summed E-state index contributed by atoms with van der Waals surface area (Å²) < 4.78 is 0. The quantitative estimate of drug-likeness (QED) is 0.512. The minimum Gasteiger partial charge on any atom is -0.506 e. The van der Waals surface area contributed by atoms with Crippen LogP contribution in [0.2, 0.25) is 0 Å². The fourth-order valence-electron chi connectivity index (χ4n) is 0.801. The molecule has 3 heteroatoms. The number of aryl methyl sites for hydroxylation is 1. The van der Waals surface area contributed by atoms with Gasteiger partial charge in [-0.1, -0.05) is 0 Å². The number of aromatic nitrogens is 1. The first kappa shape index (κ1) is 6.16. The Morgan fingerprint density at radius 1 is 1.78 bits per heavy atom. The van der Waals surface area contributed by atoms with E-state index in [2.05, 4.69) is 4.98 Å². The molecule has 0 radical (unpaired) electrons. The summed E-state index contributed by atoms with van der Waals surface area (Å²) in [5.41, 5.74) is 7.06. The molecular weight excluding hydrogens is 116 g/mol. The van der Waals surface area contributed by atoms with Crippen molar-refractivity contribution in [3.8, 4) is 5.75 Å². The number of hydrogen-bond acceptors (Lipinski definition) is 2. The lowest BCUT2D eigenvalue weighted by molar-refractivity contribution is 0.470. The summed E-state index contributed by atoms with van der Waals surface area (Å²) in [5.74, 6) is 0.259. The average Bonchev–Trinajstić information content (AvgIpc) is 2.12. The molecule has 0 saturated carbocycles. The van der Waals surface area contributed by atoms with Gasteiger partial charge in [-0.15, -0.1) is 0 Å². The van der Waals surface area contributed by atoms with Crippen molar-refractivity contribution in [2.75, 3.05) is 0 Å². The number of aromatic hydroxyl groups is 1. The van der Waals surface area contributed by atoms with Crippen LogP contribution in [0.15, 0.2) is 6.20 Å². The van der Waals surface area contributed by atoms with Gasteiger partial charge in [-0.3, -0.25) is 0 Å². The molecule has 9 heavy (non-hydrogen) atoms. The molecule has 0 saturated heterocycles. The van der Waals surface area contributed by atoms with Crippen LogP contribution < -0.4 is 5.73 Å². The number of rotatable bonds is 1. The Morgan fingerprint density at radius 3 is 2.67 bits per heavy atom. The maximum Gasteiger partial charge on any atom is 0.137 e. The van der Waals surface area contributed by atoms with Crippen LogP contribution in [0.25, 0.3) is 0 Å². The number of nitrogens with two attached hydrogens (primary N) is 1. The normalized spacial score (nSPS) is 10.0. The second-order valence-corrected chi connectivity index (χ2v) is 1.98. The second-order valence-electron chi connectivity index (χ2n) is 1.98. The van der Waals surface area contributed by atoms with Crippen LogP contribution in [0.3, 0.4) is 0 Å². The fraction of sp³-hybridized carbons (Fsp3) is 0.333. The predicted molar refractivity (Wildman–Crippen MR) is 35.1 cm³/mol. The monoisotopic (exact) mass is 126 g/mol. The minimum absolute atomic E-state index is 0.259. The van der Waals surface area contributed by atoms with E-state index in [0.29, 0.717) is 6.54 Å². The number of nitrogens with one attached hydrogen (secondary N) is 1. The van der Waals surface area contributed by atoms with Gasteiger partial charge < -0.3 is 15.8 Å². The molecule has 50 valence electrons. The maximum atomic E-state index is 9.02. The van der Waals surface area contributed by atoms with Crippen LogP contribution in [0.4, 0.5) is 0 Å². The molecule has 3 nitrogen and oxygen atoms in total. The fourth-order valence-corrected chi connectivity index (χ4v) is 0.801. The summed E-state index contributed by atoms with van der Waals surface area (Å²) in [5, 5.41) is 9.02. The van der Waals surface area contributed by atoms with Gasteiger partial charge in [0.25, 0.3) is 0 Å². The molecule has 0 aromatic carbocycles. The van der Waals surface area contributed by atoms with E-state index in [1.165, 1.54) is 6.20 Å². The van der Waals surface area contributed by atoms with Crippen LogP contribution in [-0.4, -0.2) is 10.1 Å². The van der Waals surface area contributed by atoms with Crippen molar-refractivity contribution < 1.29 is 5.11 Å². The van der Waals surface area contributed by atoms with Crippen molar-refractivity contribution in [2.24, 2.45) is 5.73 Å². The van der Waals surface area contributed by atoms with E-state index in [1.54, 1.807) is 0 Å². The Bertz CT molecular complexity index is 185. The first-order chi connectivity index (χ1) is 4.25. The topological polar surface area (TPSA) is 62.0 Å². The van der Waals surface area contributed by atoms with E-state index in [-0.39, 0.29) is 5.75 Å². The van der Waals surface area contributed by atoms with Crippen molar-refractivity contribution >= 4 is 0 Å². The minimum atomic E-state index is 0.259. The van der Waals surface area contributed by atoms with Crippen molar-refractivity contribution in [3.05, 3.63) is 17.5 Å². The highest BCUT2D eigenvalue weighted by Crippen LogP contribution is 2.17. The highest BCUT2D eigenvalue weighted by Gasteiger charge is 2.02. The van der Waals surface area contributed by atoms with Crippen LogP contribution in [0.1, 0.15) is 11.3 Å². The molecule has 1 aromatic heterocycles. The Balaban J connectivity index is 3.07. The average molecular weight is 126 g/mol. The van der Waals surface area contributed by atoms with Gasteiger partial charge >= 0.3 is 0 Å². The standard InChI is InChI=1S/C6H10N2O/c1-4-5(2-7)6(9)3-8-4/h3,8-9H,2,7H2,1H3. The lowest BCUT2D eigenvalue weighted by atomic mass is 10.2. The third-order valence-corrected chi connectivity index (χ3v) is 1.39. The Hall–Kier alpha value is -0.960. The highest BCUT2D eigenvalue weighted by molar-refractivity contribution is 5.34. The Labute approximate surface area is 53.5 Å². The number of H-pyrrole nitrogens is 1. The molecule has 0 aliphatic carbocycles. The summed E-state index contributed by atoms with van der Waals surface area (Å²) in [6, 6.07) is 0. The zero-order valence-electron chi connectivity index (χ0n) is 5.31. The summed E-state index contributed by atoms with van der Waals surface area (Å²) in [7, 11) is 0. The van der Waals surface area contributed by atoms with Crippen molar-refractivity contribution in [1.29, 1.82) is 0 Å². The molecular formula is C6H10N2O. The van der Waals surface area contributed by atoms with Gasteiger partial charge in [0.2, 0.25) is 0 Å². The highest BCUT2D eigenvalue weighted by atomic mass is 16.3. The third-order valence-electron chi connectivity index (χ3n) is 1.39. The van der Waals surface area contributed by atoms with Crippen molar-refractivity contribution in [1.82, 2.24) is 4.98 Å². The summed E-state index contributed by atoms with van der Waals surface area (Å²) in [6.45, 7) is 2.27. The summed E-state index contributed by atoms with van der Waals surface area (Å²) in [4.78, 5) is 2.86. The zero-order chi connectivity index (χ0) is 6.85. The second kappa shape index (κ2) is 2.11. The van der Waals surface area contributed by atoms with Gasteiger partial charge in [0.15, 0.2) is 0 Å². The van der Waals surface area contributed by atoms with E-state index < -0.39 is 0 Å². The Kier molecular flexibility index (Phi) is 1.44. The first-order valence-corrected chi connectivity index (χ1v) is 2.81.